The van der Waals surface area contributed by atoms with Gasteiger partial charge >= 0.3 is 0 Å². The molecule has 4 aliphatic rings. The van der Waals surface area contributed by atoms with E-state index in [4.69, 9.17) is 18.9 Å². The molecule has 5 heterocycles. The number of aromatic nitrogens is 4. The predicted molar refractivity (Wildman–Crippen MR) is 239 cm³/mol. The molecule has 330 valence electrons. The number of aromatic amines is 3. The third-order valence-corrected chi connectivity index (χ3v) is 13.5. The average molecular weight is 849 g/mol. The van der Waals surface area contributed by atoms with Crippen LogP contribution in [0.2, 0.25) is 0 Å². The standard InChI is InChI=1S/C24H30N4O3.C24H30N2O5/c1-14-15-6-5-7-16-17-12-20-18(13-19(17)25-21(16)22(15)27-26-14)24(2,3)23(29)28(20)8-9-31-11-10-30-4;1-14(27)15-6-5-7-16-17-12-20-18(13-19(17)25-21(16)22(15)28)24(2,3)23(29)26(20)8-9-31-11-10-30-4/h12-13,25H,5-11H2,1-4H3,(H,26,27);12-13,15,25H,5-11H2,1-4H3. The van der Waals surface area contributed by atoms with Crippen molar-refractivity contribution in [3.63, 3.8) is 0 Å². The first-order valence-corrected chi connectivity index (χ1v) is 21.9. The summed E-state index contributed by atoms with van der Waals surface area (Å²) in [6.07, 6.45) is 5.23. The summed E-state index contributed by atoms with van der Waals surface area (Å²) in [5, 5.41) is 9.91. The summed E-state index contributed by atoms with van der Waals surface area (Å²) >= 11 is 0. The summed E-state index contributed by atoms with van der Waals surface area (Å²) < 4.78 is 21.3. The van der Waals surface area contributed by atoms with Gasteiger partial charge in [-0.05, 0) is 127 Å². The molecule has 3 N–H and O–H groups in total. The Morgan fingerprint density at radius 3 is 1.74 bits per heavy atom. The van der Waals surface area contributed by atoms with Crippen LogP contribution in [-0.4, -0.2) is 110 Å². The molecule has 14 nitrogen and oxygen atoms in total. The summed E-state index contributed by atoms with van der Waals surface area (Å²) in [4.78, 5) is 62.0. The van der Waals surface area contributed by atoms with E-state index in [-0.39, 0.29) is 23.4 Å². The maximum atomic E-state index is 13.2. The summed E-state index contributed by atoms with van der Waals surface area (Å²) in [7, 11) is 3.28. The van der Waals surface area contributed by atoms with Crippen LogP contribution in [0.3, 0.4) is 0 Å². The van der Waals surface area contributed by atoms with Gasteiger partial charge in [-0.15, -0.1) is 0 Å². The van der Waals surface area contributed by atoms with Crippen molar-refractivity contribution < 1.29 is 38.1 Å². The molecular weight excluding hydrogens is 789 g/mol. The van der Waals surface area contributed by atoms with Crippen LogP contribution in [0.15, 0.2) is 24.3 Å². The fourth-order valence-electron chi connectivity index (χ4n) is 9.90. The van der Waals surface area contributed by atoms with E-state index in [9.17, 15) is 19.2 Å². The maximum absolute atomic E-state index is 13.2. The zero-order valence-electron chi connectivity index (χ0n) is 37.4. The van der Waals surface area contributed by atoms with E-state index >= 15 is 0 Å². The van der Waals surface area contributed by atoms with Gasteiger partial charge in [0.05, 0.1) is 67.8 Å². The van der Waals surface area contributed by atoms with Crippen LogP contribution >= 0.6 is 0 Å². The molecule has 0 saturated heterocycles. The van der Waals surface area contributed by atoms with Crippen molar-refractivity contribution in [2.75, 3.05) is 76.8 Å². The molecule has 1 atom stereocenters. The number of carbonyl (C=O) groups excluding carboxylic acids is 4. The van der Waals surface area contributed by atoms with Crippen LogP contribution in [0, 0.1) is 12.8 Å². The number of rotatable bonds is 13. The van der Waals surface area contributed by atoms with Crippen LogP contribution in [0.1, 0.15) is 97.9 Å². The SMILES string of the molecule is COCCOCCN1C(=O)C(C)(C)c2cc3[nH]c4c(c3cc21)CCCC(C(C)=O)C4=O.COCCOCCN1C(=O)C(C)(C)c2cc3[nH]c4c(c3cc21)CCCc1c-4n[nH]c1C. The van der Waals surface area contributed by atoms with Crippen molar-refractivity contribution in [3.05, 3.63) is 63.5 Å². The number of aryl methyl sites for hydroxylation is 3. The first-order valence-electron chi connectivity index (χ1n) is 21.9. The van der Waals surface area contributed by atoms with Crippen LogP contribution in [-0.2, 0) is 63.4 Å². The number of benzene rings is 2. The zero-order chi connectivity index (χ0) is 44.1. The Labute approximate surface area is 362 Å². The monoisotopic (exact) mass is 848 g/mol. The Kier molecular flexibility index (Phi) is 12.1. The molecule has 2 aliphatic carbocycles. The topological polar surface area (TPSA) is 172 Å². The number of carbonyl (C=O) groups is 4. The van der Waals surface area contributed by atoms with Crippen molar-refractivity contribution in [1.82, 2.24) is 20.2 Å². The molecule has 2 aromatic carbocycles. The van der Waals surface area contributed by atoms with Gasteiger partial charge in [-0.2, -0.15) is 5.10 Å². The molecule has 5 aromatic rings. The molecule has 2 amide bonds. The smallest absolute Gasteiger partial charge is 0.237 e. The lowest BCUT2D eigenvalue weighted by Crippen LogP contribution is -2.38. The lowest BCUT2D eigenvalue weighted by molar-refractivity contribution is -0.123. The van der Waals surface area contributed by atoms with Gasteiger partial charge in [-0.1, -0.05) is 0 Å². The largest absolute Gasteiger partial charge is 0.382 e. The van der Waals surface area contributed by atoms with E-state index in [1.165, 1.54) is 23.4 Å². The van der Waals surface area contributed by atoms with Gasteiger partial charge in [0.2, 0.25) is 11.8 Å². The first kappa shape index (κ1) is 43.5. The third-order valence-electron chi connectivity index (χ3n) is 13.5. The third kappa shape index (κ3) is 7.48. The minimum absolute atomic E-state index is 0.0457. The summed E-state index contributed by atoms with van der Waals surface area (Å²) in [6, 6.07) is 8.40. The highest BCUT2D eigenvalue weighted by Gasteiger charge is 2.46. The van der Waals surface area contributed by atoms with Crippen LogP contribution in [0.5, 0.6) is 0 Å². The van der Waals surface area contributed by atoms with Gasteiger partial charge in [0.1, 0.15) is 11.5 Å². The van der Waals surface area contributed by atoms with Gasteiger partial charge in [-0.3, -0.25) is 24.3 Å². The molecule has 3 aromatic heterocycles. The number of ether oxygens (including phenoxy) is 4. The number of hydrogen-bond donors (Lipinski definition) is 3. The zero-order valence-corrected chi connectivity index (χ0v) is 37.4. The maximum Gasteiger partial charge on any atom is 0.237 e. The molecule has 2 aliphatic heterocycles. The Morgan fingerprint density at radius 2 is 1.21 bits per heavy atom. The number of nitrogens with zero attached hydrogens (tertiary/aromatic N) is 3. The second-order valence-electron chi connectivity index (χ2n) is 18.1. The Balaban J connectivity index is 0.000000171. The molecule has 0 spiro atoms. The fraction of sp³-hybridized carbons (Fsp3) is 0.521. The number of hydrogen-bond acceptors (Lipinski definition) is 9. The Bertz CT molecular complexity index is 2560. The van der Waals surface area contributed by atoms with E-state index in [1.807, 2.05) is 44.7 Å². The van der Waals surface area contributed by atoms with Crippen molar-refractivity contribution in [3.8, 4) is 11.4 Å². The fourth-order valence-corrected chi connectivity index (χ4v) is 9.90. The van der Waals surface area contributed by atoms with Crippen molar-refractivity contribution in [2.24, 2.45) is 5.92 Å². The van der Waals surface area contributed by atoms with E-state index in [0.717, 1.165) is 93.7 Å². The highest BCUT2D eigenvalue weighted by atomic mass is 16.5. The van der Waals surface area contributed by atoms with Crippen LogP contribution in [0.25, 0.3) is 33.2 Å². The second-order valence-corrected chi connectivity index (χ2v) is 18.1. The summed E-state index contributed by atoms with van der Waals surface area (Å²) in [5.74, 6) is -0.591. The number of methoxy groups -OCH3 is 2. The molecule has 14 heteroatoms. The number of anilines is 2. The number of nitrogens with one attached hydrogen (secondary N) is 3. The quantitative estimate of drug-likeness (QED) is 0.0653. The van der Waals surface area contributed by atoms with Gasteiger partial charge in [-0.25, -0.2) is 0 Å². The van der Waals surface area contributed by atoms with E-state index in [0.29, 0.717) is 64.8 Å². The molecule has 62 heavy (non-hydrogen) atoms. The second kappa shape index (κ2) is 17.2. The number of Topliss-reactive ketones (excluding diaryl/α,β-unsaturated/α-hetero) is 2. The van der Waals surface area contributed by atoms with Crippen LogP contribution in [0.4, 0.5) is 11.4 Å². The molecular formula is C48H60N6O8. The first-order chi connectivity index (χ1) is 29.7. The van der Waals surface area contributed by atoms with Gasteiger partial charge in [0, 0.05) is 71.7 Å². The number of fused-ring (bicyclic) bond motifs is 10. The van der Waals surface area contributed by atoms with Crippen molar-refractivity contribution in [2.45, 2.75) is 90.9 Å². The lowest BCUT2D eigenvalue weighted by Gasteiger charge is -2.20. The average Bonchev–Trinajstić information content (AvgIpc) is 3.92. The minimum atomic E-state index is -0.662. The molecule has 9 rings (SSSR count). The molecule has 0 fully saturated rings. The lowest BCUT2D eigenvalue weighted by atomic mass is 9.85. The van der Waals surface area contributed by atoms with E-state index in [1.54, 1.807) is 19.1 Å². The number of ketones is 2. The van der Waals surface area contributed by atoms with Crippen molar-refractivity contribution >= 4 is 56.6 Å². The number of H-pyrrole nitrogens is 3. The Hall–Kier alpha value is -5.15. The van der Waals surface area contributed by atoms with Crippen LogP contribution < -0.4 is 9.80 Å². The summed E-state index contributed by atoms with van der Waals surface area (Å²) in [6.45, 7) is 15.5. The van der Waals surface area contributed by atoms with E-state index in [2.05, 4.69) is 39.2 Å². The number of amides is 2. The molecule has 0 bridgehead atoms. The molecule has 0 radical (unpaired) electrons. The van der Waals surface area contributed by atoms with E-state index < -0.39 is 16.7 Å². The molecule has 1 unspecified atom stereocenters. The van der Waals surface area contributed by atoms with Gasteiger partial charge in [0.15, 0.2) is 5.78 Å². The highest BCUT2D eigenvalue weighted by Crippen LogP contribution is 2.47. The highest BCUT2D eigenvalue weighted by molar-refractivity contribution is 6.15. The molecule has 0 saturated carbocycles. The Morgan fingerprint density at radius 1 is 0.710 bits per heavy atom. The van der Waals surface area contributed by atoms with Gasteiger partial charge < -0.3 is 38.7 Å². The minimum Gasteiger partial charge on any atom is -0.382 e. The summed E-state index contributed by atoms with van der Waals surface area (Å²) in [5.41, 5.74) is 12.0. The van der Waals surface area contributed by atoms with Gasteiger partial charge in [0.25, 0.3) is 0 Å². The van der Waals surface area contributed by atoms with Crippen molar-refractivity contribution in [1.29, 1.82) is 0 Å². The normalized spacial score (nSPS) is 18.6. The predicted octanol–water partition coefficient (Wildman–Crippen LogP) is 6.82.